The molecule has 1 N–H and O–H groups in total. The monoisotopic (exact) mass is 186 g/mol. The van der Waals surface area contributed by atoms with E-state index in [1.165, 1.54) is 0 Å². The molecule has 0 aliphatic carbocycles. The van der Waals surface area contributed by atoms with E-state index in [1.54, 1.807) is 4.90 Å². The number of hydrogen-bond donors (Lipinski definition) is 1. The van der Waals surface area contributed by atoms with Crippen LogP contribution in [-0.4, -0.2) is 38.0 Å². The van der Waals surface area contributed by atoms with E-state index >= 15 is 0 Å². The third-order valence-electron chi connectivity index (χ3n) is 1.92. The highest BCUT2D eigenvalue weighted by Crippen LogP contribution is 2.04. The molecule has 78 valence electrons. The van der Waals surface area contributed by atoms with Gasteiger partial charge in [0.05, 0.1) is 0 Å². The Hall–Kier alpha value is -0.570. The molecule has 0 saturated carbocycles. The van der Waals surface area contributed by atoms with Crippen LogP contribution in [0.3, 0.4) is 0 Å². The molecule has 3 nitrogen and oxygen atoms in total. The molecule has 0 radical (unpaired) electrons. The second-order valence-electron chi connectivity index (χ2n) is 3.87. The van der Waals surface area contributed by atoms with Crippen LogP contribution in [0.4, 0.5) is 0 Å². The van der Waals surface area contributed by atoms with Crippen LogP contribution >= 0.6 is 0 Å². The summed E-state index contributed by atoms with van der Waals surface area (Å²) in [6, 6.07) is 0. The highest BCUT2D eigenvalue weighted by Gasteiger charge is 2.14. The van der Waals surface area contributed by atoms with Gasteiger partial charge in [-0.2, -0.15) is 0 Å². The first-order chi connectivity index (χ1) is 6.07. The maximum absolute atomic E-state index is 10.5. The van der Waals surface area contributed by atoms with E-state index < -0.39 is 0 Å². The fourth-order valence-corrected chi connectivity index (χ4v) is 1.19. The summed E-state index contributed by atoms with van der Waals surface area (Å²) in [5.74, 6) is 1.08. The molecule has 1 amide bonds. The Labute approximate surface area is 81.5 Å². The predicted octanol–water partition coefficient (Wildman–Crippen LogP) is 1.10. The van der Waals surface area contributed by atoms with Gasteiger partial charge < -0.3 is 10.2 Å². The zero-order valence-corrected chi connectivity index (χ0v) is 9.26. The zero-order chi connectivity index (χ0) is 10.3. The fraction of sp³-hybridized carbons (Fsp3) is 0.900. The fourth-order valence-electron chi connectivity index (χ4n) is 1.19. The van der Waals surface area contributed by atoms with Gasteiger partial charge in [0.15, 0.2) is 0 Å². The van der Waals surface area contributed by atoms with E-state index in [4.69, 9.17) is 0 Å². The normalized spacial score (nSPS) is 16.1. The van der Waals surface area contributed by atoms with Crippen molar-refractivity contribution in [3.05, 3.63) is 0 Å². The molecule has 1 aliphatic rings. The van der Waals surface area contributed by atoms with E-state index in [2.05, 4.69) is 19.2 Å². The maximum atomic E-state index is 10.5. The lowest BCUT2D eigenvalue weighted by molar-refractivity contribution is -0.126. The molecule has 13 heavy (non-hydrogen) atoms. The van der Waals surface area contributed by atoms with Crippen LogP contribution in [0.25, 0.3) is 0 Å². The van der Waals surface area contributed by atoms with Crippen LogP contribution in [-0.2, 0) is 4.79 Å². The number of rotatable bonds is 2. The first-order valence-corrected chi connectivity index (χ1v) is 4.96. The second-order valence-corrected chi connectivity index (χ2v) is 3.87. The lowest BCUT2D eigenvalue weighted by Gasteiger charge is -2.03. The van der Waals surface area contributed by atoms with Gasteiger partial charge in [-0.3, -0.25) is 4.79 Å². The van der Waals surface area contributed by atoms with Crippen molar-refractivity contribution in [3.8, 4) is 0 Å². The molecular formula is C10H22N2O. The van der Waals surface area contributed by atoms with E-state index in [-0.39, 0.29) is 0 Å². The van der Waals surface area contributed by atoms with Crippen molar-refractivity contribution < 1.29 is 4.79 Å². The average molecular weight is 186 g/mol. The van der Waals surface area contributed by atoms with Crippen molar-refractivity contribution >= 4 is 5.91 Å². The summed E-state index contributed by atoms with van der Waals surface area (Å²) in [4.78, 5) is 12.3. The average Bonchev–Trinajstić information content (AvgIpc) is 2.37. The molecule has 0 aromatic carbocycles. The Bertz CT molecular complexity index is 146. The number of carbonyl (C=O) groups is 1. The molecule has 0 aromatic rings. The zero-order valence-electron chi connectivity index (χ0n) is 9.26. The van der Waals surface area contributed by atoms with Crippen molar-refractivity contribution in [2.24, 2.45) is 5.92 Å². The minimum Gasteiger partial charge on any atom is -0.346 e. The van der Waals surface area contributed by atoms with Crippen LogP contribution in [0, 0.1) is 5.92 Å². The molecule has 0 aromatic heterocycles. The van der Waals surface area contributed by atoms with Gasteiger partial charge in [0.1, 0.15) is 0 Å². The van der Waals surface area contributed by atoms with Gasteiger partial charge in [0.25, 0.3) is 0 Å². The summed E-state index contributed by atoms with van der Waals surface area (Å²) in [5.41, 5.74) is 0. The van der Waals surface area contributed by atoms with Crippen LogP contribution < -0.4 is 5.32 Å². The van der Waals surface area contributed by atoms with Crippen LogP contribution in [0.15, 0.2) is 0 Å². The maximum Gasteiger partial charge on any atom is 0.222 e. The lowest BCUT2D eigenvalue weighted by atomic mass is 10.2. The largest absolute Gasteiger partial charge is 0.346 e. The smallest absolute Gasteiger partial charge is 0.222 e. The Morgan fingerprint density at radius 2 is 2.15 bits per heavy atom. The molecule has 0 bridgehead atoms. The summed E-state index contributed by atoms with van der Waals surface area (Å²) in [6.07, 6.45) is 1.81. The molecular weight excluding hydrogens is 164 g/mol. The van der Waals surface area contributed by atoms with Crippen LogP contribution in [0.1, 0.15) is 26.7 Å². The Morgan fingerprint density at radius 1 is 1.54 bits per heavy atom. The summed E-state index contributed by atoms with van der Waals surface area (Å²) in [6.45, 7) is 6.46. The number of nitrogens with zero attached hydrogens (tertiary/aromatic N) is 1. The van der Waals surface area contributed by atoms with E-state index in [1.807, 2.05) is 14.1 Å². The lowest BCUT2D eigenvalue weighted by Crippen LogP contribution is -2.17. The van der Waals surface area contributed by atoms with Gasteiger partial charge in [0.2, 0.25) is 5.91 Å². The van der Waals surface area contributed by atoms with Crippen molar-refractivity contribution in [1.29, 1.82) is 0 Å². The third-order valence-corrected chi connectivity index (χ3v) is 1.92. The Balaban J connectivity index is 0.000000226. The summed E-state index contributed by atoms with van der Waals surface area (Å²) >= 11 is 0. The molecule has 1 heterocycles. The van der Waals surface area contributed by atoms with Gasteiger partial charge in [0, 0.05) is 20.0 Å². The minimum atomic E-state index is 0.292. The predicted molar refractivity (Wildman–Crippen MR) is 55.6 cm³/mol. The third kappa shape index (κ3) is 6.58. The van der Waals surface area contributed by atoms with Crippen LogP contribution in [0.2, 0.25) is 0 Å². The first-order valence-electron chi connectivity index (χ1n) is 4.96. The molecule has 3 heteroatoms. The van der Waals surface area contributed by atoms with E-state index in [0.717, 1.165) is 31.8 Å². The van der Waals surface area contributed by atoms with Crippen molar-refractivity contribution in [2.45, 2.75) is 26.7 Å². The molecule has 0 spiro atoms. The molecule has 1 fully saturated rings. The SMILES string of the molecule is CN1CCCC1=O.CNCC(C)C. The van der Waals surface area contributed by atoms with Crippen LogP contribution in [0.5, 0.6) is 0 Å². The van der Waals surface area contributed by atoms with E-state index in [9.17, 15) is 4.79 Å². The number of carbonyl (C=O) groups excluding carboxylic acids is 1. The molecule has 0 atom stereocenters. The highest BCUT2D eigenvalue weighted by molar-refractivity contribution is 5.77. The standard InChI is InChI=1S/C5H9NO.C5H13N/c1-6-4-2-3-5(6)7;1-5(2)4-6-3/h2-4H2,1H3;5-6H,4H2,1-3H3. The van der Waals surface area contributed by atoms with Gasteiger partial charge in [-0.1, -0.05) is 13.8 Å². The summed E-state index contributed by atoms with van der Waals surface area (Å²) < 4.78 is 0. The summed E-state index contributed by atoms with van der Waals surface area (Å²) in [5, 5.41) is 3.07. The molecule has 1 saturated heterocycles. The topological polar surface area (TPSA) is 32.3 Å². The Morgan fingerprint density at radius 3 is 2.23 bits per heavy atom. The van der Waals surface area contributed by atoms with Gasteiger partial charge >= 0.3 is 0 Å². The number of likely N-dealkylation sites (tertiary alicyclic amines) is 1. The number of amides is 1. The van der Waals surface area contributed by atoms with Gasteiger partial charge in [-0.15, -0.1) is 0 Å². The Kier molecular flexibility index (Phi) is 6.59. The second kappa shape index (κ2) is 6.89. The van der Waals surface area contributed by atoms with Crippen molar-refractivity contribution in [3.63, 3.8) is 0 Å². The van der Waals surface area contributed by atoms with Gasteiger partial charge in [-0.05, 0) is 25.9 Å². The van der Waals surface area contributed by atoms with Gasteiger partial charge in [-0.25, -0.2) is 0 Å². The highest BCUT2D eigenvalue weighted by atomic mass is 16.2. The first kappa shape index (κ1) is 12.4. The quantitative estimate of drug-likeness (QED) is 0.700. The molecule has 1 rings (SSSR count). The number of nitrogens with one attached hydrogen (secondary N) is 1. The van der Waals surface area contributed by atoms with E-state index in [0.29, 0.717) is 5.91 Å². The van der Waals surface area contributed by atoms with Crippen molar-refractivity contribution in [2.75, 3.05) is 27.2 Å². The molecule has 0 unspecified atom stereocenters. The minimum absolute atomic E-state index is 0.292. The summed E-state index contributed by atoms with van der Waals surface area (Å²) in [7, 11) is 3.81. The number of hydrogen-bond acceptors (Lipinski definition) is 2. The van der Waals surface area contributed by atoms with Crippen molar-refractivity contribution in [1.82, 2.24) is 10.2 Å². The molecule has 1 aliphatic heterocycles.